The number of amides is 2. The number of hydrogen-bond donors (Lipinski definition) is 0. The monoisotopic (exact) mass is 410 g/mol. The molecule has 0 unspecified atom stereocenters. The van der Waals surface area contributed by atoms with E-state index in [-0.39, 0.29) is 12.1 Å². The topological polar surface area (TPSA) is 88.9 Å². The Morgan fingerprint density at radius 3 is 2.60 bits per heavy atom. The Morgan fingerprint density at radius 1 is 1.20 bits per heavy atom. The van der Waals surface area contributed by atoms with Crippen molar-refractivity contribution in [1.82, 2.24) is 4.90 Å². The van der Waals surface area contributed by atoms with Crippen molar-refractivity contribution in [3.05, 3.63) is 53.1 Å². The summed E-state index contributed by atoms with van der Waals surface area (Å²) in [7, 11) is 1.55. The van der Waals surface area contributed by atoms with E-state index in [4.69, 9.17) is 14.2 Å². The zero-order chi connectivity index (χ0) is 22.1. The first-order valence-electron chi connectivity index (χ1n) is 9.67. The lowest BCUT2D eigenvalue weighted by atomic mass is 9.93. The smallest absolute Gasteiger partial charge is 0.271 e. The van der Waals surface area contributed by atoms with Gasteiger partial charge in [-0.05, 0) is 49.6 Å². The maximum absolute atomic E-state index is 13.0. The maximum atomic E-state index is 13.0. The summed E-state index contributed by atoms with van der Waals surface area (Å²) in [4.78, 5) is 26.7. The highest BCUT2D eigenvalue weighted by atomic mass is 16.5. The molecule has 2 amide bonds. The summed E-state index contributed by atoms with van der Waals surface area (Å²) in [5.41, 5.74) is 1.32. The third-order valence-electron chi connectivity index (χ3n) is 4.49. The fourth-order valence-corrected chi connectivity index (χ4v) is 3.02. The molecule has 0 fully saturated rings. The second-order valence-corrected chi connectivity index (χ2v) is 6.52. The van der Waals surface area contributed by atoms with Crippen LogP contribution in [0.4, 0.5) is 0 Å². The van der Waals surface area contributed by atoms with Gasteiger partial charge in [-0.1, -0.05) is 18.7 Å². The van der Waals surface area contributed by atoms with Gasteiger partial charge < -0.3 is 14.2 Å². The van der Waals surface area contributed by atoms with Gasteiger partial charge in [0.2, 0.25) is 0 Å². The minimum Gasteiger partial charge on any atom is -0.490 e. The van der Waals surface area contributed by atoms with Crippen LogP contribution in [0.5, 0.6) is 11.5 Å². The molecule has 0 bridgehead atoms. The Kier molecular flexibility index (Phi) is 8.39. The van der Waals surface area contributed by atoms with Crippen LogP contribution in [0.1, 0.15) is 25.8 Å². The molecule has 1 aromatic rings. The van der Waals surface area contributed by atoms with Gasteiger partial charge in [-0.15, -0.1) is 0 Å². The van der Waals surface area contributed by atoms with Crippen molar-refractivity contribution in [2.75, 3.05) is 33.5 Å². The molecular weight excluding hydrogens is 384 g/mol. The number of benzene rings is 1. The van der Waals surface area contributed by atoms with Gasteiger partial charge in [-0.3, -0.25) is 14.5 Å². The normalized spacial score (nSPS) is 15.4. The molecule has 1 aliphatic heterocycles. The molecule has 0 spiro atoms. The van der Waals surface area contributed by atoms with Crippen LogP contribution < -0.4 is 9.47 Å². The number of nitriles is 1. The van der Waals surface area contributed by atoms with Crippen molar-refractivity contribution in [2.45, 2.75) is 20.3 Å². The van der Waals surface area contributed by atoms with Gasteiger partial charge in [-0.2, -0.15) is 5.26 Å². The third-order valence-corrected chi connectivity index (χ3v) is 4.49. The Balaban J connectivity index is 2.46. The lowest BCUT2D eigenvalue weighted by molar-refractivity contribution is -0.140. The molecular formula is C23H26N2O5. The van der Waals surface area contributed by atoms with Crippen LogP contribution >= 0.6 is 0 Å². The summed E-state index contributed by atoms with van der Waals surface area (Å²) in [6.07, 6.45) is 3.78. The zero-order valence-corrected chi connectivity index (χ0v) is 17.6. The van der Waals surface area contributed by atoms with Gasteiger partial charge in [0.1, 0.15) is 18.2 Å². The average Bonchev–Trinajstić information content (AvgIpc) is 2.73. The molecule has 1 aliphatic rings. The molecule has 0 aromatic heterocycles. The molecule has 158 valence electrons. The molecule has 30 heavy (non-hydrogen) atoms. The zero-order valence-electron chi connectivity index (χ0n) is 17.6. The second kappa shape index (κ2) is 11.0. The van der Waals surface area contributed by atoms with Crippen LogP contribution in [0.15, 0.2) is 47.6 Å². The quantitative estimate of drug-likeness (QED) is 0.255. The fraction of sp³-hybridized carbons (Fsp3) is 0.348. The van der Waals surface area contributed by atoms with Crippen LogP contribution in [0, 0.1) is 11.3 Å². The third kappa shape index (κ3) is 5.16. The molecule has 1 heterocycles. The Bertz CT molecular complexity index is 924. The number of hydrogen-bond acceptors (Lipinski definition) is 6. The Labute approximate surface area is 176 Å². The van der Waals surface area contributed by atoms with E-state index in [0.29, 0.717) is 54.5 Å². The number of rotatable bonds is 10. The molecule has 0 saturated heterocycles. The number of carbonyl (C=O) groups excluding carboxylic acids is 2. The van der Waals surface area contributed by atoms with E-state index in [1.807, 2.05) is 13.0 Å². The van der Waals surface area contributed by atoms with E-state index >= 15 is 0 Å². The van der Waals surface area contributed by atoms with Crippen molar-refractivity contribution in [3.63, 3.8) is 0 Å². The van der Waals surface area contributed by atoms with Crippen LogP contribution in [0.2, 0.25) is 0 Å². The van der Waals surface area contributed by atoms with Crippen molar-refractivity contribution < 1.29 is 23.8 Å². The SMILES string of the molecule is C=CCOc1ccc(/C=C2/C(=O)N(CCCOC)C(=O)C(C#N)=C2C)cc1OCC. The number of imide groups is 1. The van der Waals surface area contributed by atoms with Gasteiger partial charge in [0.05, 0.1) is 6.61 Å². The molecule has 1 aromatic carbocycles. The van der Waals surface area contributed by atoms with Crippen LogP contribution in [-0.4, -0.2) is 50.2 Å². The largest absolute Gasteiger partial charge is 0.490 e. The number of ether oxygens (including phenoxy) is 3. The first-order chi connectivity index (χ1) is 14.5. The lowest BCUT2D eigenvalue weighted by Gasteiger charge is -2.27. The summed E-state index contributed by atoms with van der Waals surface area (Å²) in [5.74, 6) is 0.0938. The van der Waals surface area contributed by atoms with Crippen molar-refractivity contribution in [1.29, 1.82) is 5.26 Å². The molecule has 7 nitrogen and oxygen atoms in total. The summed E-state index contributed by atoms with van der Waals surface area (Å²) >= 11 is 0. The number of methoxy groups -OCH3 is 1. The second-order valence-electron chi connectivity index (χ2n) is 6.52. The van der Waals surface area contributed by atoms with E-state index in [1.165, 1.54) is 0 Å². The molecule has 0 atom stereocenters. The summed E-state index contributed by atoms with van der Waals surface area (Å²) in [6, 6.07) is 7.23. The predicted octanol–water partition coefficient (Wildman–Crippen LogP) is 3.28. The fourth-order valence-electron chi connectivity index (χ4n) is 3.02. The Morgan fingerprint density at radius 2 is 1.97 bits per heavy atom. The van der Waals surface area contributed by atoms with Gasteiger partial charge in [0, 0.05) is 25.8 Å². The van der Waals surface area contributed by atoms with E-state index in [0.717, 1.165) is 4.90 Å². The van der Waals surface area contributed by atoms with Crippen LogP contribution in [0.25, 0.3) is 6.08 Å². The summed E-state index contributed by atoms with van der Waals surface area (Å²) in [6.45, 7) is 8.48. The molecule has 0 N–H and O–H groups in total. The number of nitrogens with zero attached hydrogens (tertiary/aromatic N) is 2. The summed E-state index contributed by atoms with van der Waals surface area (Å²) < 4.78 is 16.2. The van der Waals surface area contributed by atoms with Crippen molar-refractivity contribution >= 4 is 17.9 Å². The average molecular weight is 410 g/mol. The highest BCUT2D eigenvalue weighted by Gasteiger charge is 2.35. The molecule has 7 heteroatoms. The molecule has 2 rings (SSSR count). The maximum Gasteiger partial charge on any atom is 0.271 e. The standard InChI is InChI=1S/C23H26N2O5/c1-5-11-30-20-9-8-17(14-21(20)29-6-2)13-18-16(3)19(15-24)23(27)25(22(18)26)10-7-12-28-4/h5,8-9,13-14H,1,6-7,10-12H2,2-4H3/b18-13+. The summed E-state index contributed by atoms with van der Waals surface area (Å²) in [5, 5.41) is 9.46. The Hall–Kier alpha value is -3.37. The van der Waals surface area contributed by atoms with E-state index in [2.05, 4.69) is 6.58 Å². The van der Waals surface area contributed by atoms with Gasteiger partial charge in [0.25, 0.3) is 11.8 Å². The lowest BCUT2D eigenvalue weighted by Crippen LogP contribution is -2.43. The van der Waals surface area contributed by atoms with Gasteiger partial charge in [0.15, 0.2) is 11.5 Å². The minimum absolute atomic E-state index is 0.0331. The van der Waals surface area contributed by atoms with Crippen molar-refractivity contribution in [2.24, 2.45) is 0 Å². The predicted molar refractivity (Wildman–Crippen MR) is 113 cm³/mol. The molecule has 0 aliphatic carbocycles. The highest BCUT2D eigenvalue weighted by molar-refractivity contribution is 6.19. The number of carbonyl (C=O) groups is 2. The highest BCUT2D eigenvalue weighted by Crippen LogP contribution is 2.32. The molecule has 0 saturated carbocycles. The van der Waals surface area contributed by atoms with E-state index in [1.54, 1.807) is 44.4 Å². The minimum atomic E-state index is -0.573. The first kappa shape index (κ1) is 22.9. The van der Waals surface area contributed by atoms with Crippen molar-refractivity contribution in [3.8, 4) is 17.6 Å². The van der Waals surface area contributed by atoms with E-state index in [9.17, 15) is 14.9 Å². The first-order valence-corrected chi connectivity index (χ1v) is 9.67. The van der Waals surface area contributed by atoms with E-state index < -0.39 is 11.8 Å². The van der Waals surface area contributed by atoms with Gasteiger partial charge in [-0.25, -0.2) is 0 Å². The van der Waals surface area contributed by atoms with Gasteiger partial charge >= 0.3 is 0 Å². The van der Waals surface area contributed by atoms with Crippen LogP contribution in [0.3, 0.4) is 0 Å². The molecule has 0 radical (unpaired) electrons. The van der Waals surface area contributed by atoms with Crippen LogP contribution in [-0.2, 0) is 14.3 Å².